The molecule has 1 heterocycles. The Hall–Kier alpha value is -3.46. The highest BCUT2D eigenvalue weighted by Crippen LogP contribution is 2.43. The number of sulfone groups is 1. The minimum atomic E-state index is -4.77. The van der Waals surface area contributed by atoms with Crippen LogP contribution in [0.2, 0.25) is 0 Å². The van der Waals surface area contributed by atoms with Crippen LogP contribution >= 0.6 is 0 Å². The zero-order chi connectivity index (χ0) is 23.1. The Balaban J connectivity index is 2.07. The summed E-state index contributed by atoms with van der Waals surface area (Å²) in [6.07, 6.45) is -3.72. The van der Waals surface area contributed by atoms with E-state index in [9.17, 15) is 26.0 Å². The van der Waals surface area contributed by atoms with Crippen molar-refractivity contribution in [1.82, 2.24) is 9.78 Å². The van der Waals surface area contributed by atoms with E-state index in [0.717, 1.165) is 23.1 Å². The number of nitrogens with zero attached hydrogens (tertiary/aromatic N) is 2. The van der Waals surface area contributed by atoms with E-state index in [-0.39, 0.29) is 27.4 Å². The number of halogens is 4. The van der Waals surface area contributed by atoms with Gasteiger partial charge in [0.2, 0.25) is 0 Å². The number of alkyl halides is 3. The molecule has 0 saturated heterocycles. The second-order valence-corrected chi connectivity index (χ2v) is 9.14. The largest absolute Gasteiger partial charge is 0.435 e. The second kappa shape index (κ2) is 7.90. The molecule has 3 aromatic carbocycles. The van der Waals surface area contributed by atoms with E-state index in [1.165, 1.54) is 48.5 Å². The minimum Gasteiger partial charge on any atom is -0.232 e. The molecule has 1 aromatic heterocycles. The first-order valence-electron chi connectivity index (χ1n) is 9.38. The summed E-state index contributed by atoms with van der Waals surface area (Å²) in [6.45, 7) is 0. The zero-order valence-electron chi connectivity index (χ0n) is 16.6. The van der Waals surface area contributed by atoms with Gasteiger partial charge < -0.3 is 0 Å². The normalized spacial score (nSPS) is 12.2. The van der Waals surface area contributed by atoms with Gasteiger partial charge >= 0.3 is 6.18 Å². The molecule has 0 saturated carbocycles. The van der Waals surface area contributed by atoms with Crippen molar-refractivity contribution in [1.29, 1.82) is 0 Å². The first-order chi connectivity index (χ1) is 15.1. The quantitative estimate of drug-likeness (QED) is 0.364. The topological polar surface area (TPSA) is 52.0 Å². The van der Waals surface area contributed by atoms with E-state index in [4.69, 9.17) is 0 Å². The van der Waals surface area contributed by atoms with Crippen molar-refractivity contribution in [3.63, 3.8) is 0 Å². The molecule has 164 valence electrons. The van der Waals surface area contributed by atoms with E-state index < -0.39 is 27.5 Å². The number of rotatable bonds is 4. The zero-order valence-corrected chi connectivity index (χ0v) is 17.5. The molecule has 0 aliphatic heterocycles. The molecular formula is C23H16F4N2O2S. The Kier molecular flexibility index (Phi) is 5.37. The summed E-state index contributed by atoms with van der Waals surface area (Å²) in [7, 11) is -3.49. The van der Waals surface area contributed by atoms with Crippen molar-refractivity contribution in [2.75, 3.05) is 6.26 Å². The van der Waals surface area contributed by atoms with Gasteiger partial charge in [-0.25, -0.2) is 17.5 Å². The molecule has 0 aliphatic rings. The van der Waals surface area contributed by atoms with Gasteiger partial charge in [-0.1, -0.05) is 42.5 Å². The number of hydrogen-bond donors (Lipinski definition) is 0. The van der Waals surface area contributed by atoms with Crippen molar-refractivity contribution in [3.8, 4) is 28.1 Å². The van der Waals surface area contributed by atoms with Gasteiger partial charge in [-0.05, 0) is 42.0 Å². The van der Waals surface area contributed by atoms with Crippen molar-refractivity contribution < 1.29 is 26.0 Å². The number of aromatic nitrogens is 2. The van der Waals surface area contributed by atoms with Crippen molar-refractivity contribution in [2.24, 2.45) is 0 Å². The standard InChI is InChI=1S/C23H16F4N2O2S/c1-32(30,31)19-13-7-16(8-14-19)21-20(15-5-3-2-4-6-15)22(23(25,26)27)28-29(21)18-11-9-17(24)10-12-18/h2-14H,1H3. The minimum absolute atomic E-state index is 0.0337. The fourth-order valence-electron chi connectivity index (χ4n) is 3.39. The highest BCUT2D eigenvalue weighted by atomic mass is 32.2. The molecule has 4 rings (SSSR count). The summed E-state index contributed by atoms with van der Waals surface area (Å²) < 4.78 is 80.3. The second-order valence-electron chi connectivity index (χ2n) is 7.12. The summed E-state index contributed by atoms with van der Waals surface area (Å²) in [5.41, 5.74) is -0.319. The van der Waals surface area contributed by atoms with Gasteiger partial charge in [0.25, 0.3) is 0 Å². The maximum absolute atomic E-state index is 14.0. The Morgan fingerprint density at radius 3 is 1.94 bits per heavy atom. The predicted octanol–water partition coefficient (Wildman–Crippen LogP) is 5.77. The van der Waals surface area contributed by atoms with Crippen molar-refractivity contribution in [2.45, 2.75) is 11.1 Å². The third kappa shape index (κ3) is 4.16. The maximum Gasteiger partial charge on any atom is 0.435 e. The SMILES string of the molecule is CS(=O)(=O)c1ccc(-c2c(-c3ccccc3)c(C(F)(F)F)nn2-c2ccc(F)cc2)cc1. The van der Waals surface area contributed by atoms with Crippen LogP contribution in [0.4, 0.5) is 17.6 Å². The molecule has 0 radical (unpaired) electrons. The van der Waals surface area contributed by atoms with Crippen LogP contribution < -0.4 is 0 Å². The molecule has 32 heavy (non-hydrogen) atoms. The lowest BCUT2D eigenvalue weighted by Crippen LogP contribution is -2.08. The van der Waals surface area contributed by atoms with Crippen LogP contribution in [0.1, 0.15) is 5.69 Å². The van der Waals surface area contributed by atoms with Gasteiger partial charge in [-0.3, -0.25) is 0 Å². The highest BCUT2D eigenvalue weighted by molar-refractivity contribution is 7.90. The Morgan fingerprint density at radius 1 is 0.812 bits per heavy atom. The van der Waals surface area contributed by atoms with E-state index >= 15 is 0 Å². The van der Waals surface area contributed by atoms with Gasteiger partial charge in [0.1, 0.15) is 5.82 Å². The summed E-state index contributed by atoms with van der Waals surface area (Å²) in [5.74, 6) is -0.542. The van der Waals surface area contributed by atoms with Gasteiger partial charge in [0.15, 0.2) is 15.5 Å². The predicted molar refractivity (Wildman–Crippen MR) is 113 cm³/mol. The monoisotopic (exact) mass is 460 g/mol. The van der Waals surface area contributed by atoms with Crippen LogP contribution in [0, 0.1) is 5.82 Å². The van der Waals surface area contributed by atoms with Crippen LogP contribution in [-0.2, 0) is 16.0 Å². The average Bonchev–Trinajstić information content (AvgIpc) is 3.15. The Labute approximate surface area is 181 Å². The third-order valence-electron chi connectivity index (χ3n) is 4.84. The lowest BCUT2D eigenvalue weighted by atomic mass is 9.98. The molecule has 0 bridgehead atoms. The molecule has 4 nitrogen and oxygen atoms in total. The smallest absolute Gasteiger partial charge is 0.232 e. The van der Waals surface area contributed by atoms with Crippen LogP contribution in [0.25, 0.3) is 28.1 Å². The summed E-state index contributed by atoms with van der Waals surface area (Å²) in [4.78, 5) is 0.0337. The molecule has 0 amide bonds. The first kappa shape index (κ1) is 21.8. The Morgan fingerprint density at radius 2 is 1.41 bits per heavy atom. The number of benzene rings is 3. The molecular weight excluding hydrogens is 444 g/mol. The Bertz CT molecular complexity index is 1360. The third-order valence-corrected chi connectivity index (χ3v) is 5.97. The lowest BCUT2D eigenvalue weighted by Gasteiger charge is -2.12. The molecule has 0 aliphatic carbocycles. The highest BCUT2D eigenvalue weighted by Gasteiger charge is 2.40. The van der Waals surface area contributed by atoms with Crippen LogP contribution in [-0.4, -0.2) is 24.5 Å². The van der Waals surface area contributed by atoms with Gasteiger partial charge in [-0.15, -0.1) is 0 Å². The van der Waals surface area contributed by atoms with Crippen LogP contribution in [0.5, 0.6) is 0 Å². The van der Waals surface area contributed by atoms with Crippen LogP contribution in [0.15, 0.2) is 83.8 Å². The summed E-state index contributed by atoms with van der Waals surface area (Å²) in [5, 5.41) is 3.86. The molecule has 4 aromatic rings. The summed E-state index contributed by atoms with van der Waals surface area (Å²) in [6, 6.07) is 18.4. The van der Waals surface area contributed by atoms with Gasteiger partial charge in [-0.2, -0.15) is 18.3 Å². The van der Waals surface area contributed by atoms with E-state index in [0.29, 0.717) is 5.56 Å². The van der Waals surface area contributed by atoms with Crippen molar-refractivity contribution >= 4 is 9.84 Å². The van der Waals surface area contributed by atoms with Crippen LogP contribution in [0.3, 0.4) is 0 Å². The van der Waals surface area contributed by atoms with E-state index in [1.807, 2.05) is 0 Å². The van der Waals surface area contributed by atoms with E-state index in [2.05, 4.69) is 5.10 Å². The molecule has 9 heteroatoms. The fraction of sp³-hybridized carbons (Fsp3) is 0.0870. The average molecular weight is 460 g/mol. The van der Waals surface area contributed by atoms with E-state index in [1.54, 1.807) is 18.2 Å². The summed E-state index contributed by atoms with van der Waals surface area (Å²) >= 11 is 0. The molecule has 0 spiro atoms. The molecule has 0 N–H and O–H groups in total. The lowest BCUT2D eigenvalue weighted by molar-refractivity contribution is -0.140. The van der Waals surface area contributed by atoms with Crippen molar-refractivity contribution in [3.05, 3.63) is 90.4 Å². The molecule has 0 atom stereocenters. The molecule has 0 unspecified atom stereocenters. The maximum atomic E-state index is 14.0. The number of hydrogen-bond acceptors (Lipinski definition) is 3. The van der Waals surface area contributed by atoms with Gasteiger partial charge in [0, 0.05) is 17.4 Å². The first-order valence-corrected chi connectivity index (χ1v) is 11.3. The molecule has 0 fully saturated rings. The fourth-order valence-corrected chi connectivity index (χ4v) is 4.02. The van der Waals surface area contributed by atoms with Gasteiger partial charge in [0.05, 0.1) is 16.3 Å².